The minimum Gasteiger partial charge on any atom is -0.348 e. The van der Waals surface area contributed by atoms with E-state index in [9.17, 15) is 4.79 Å². The molecule has 1 saturated heterocycles. The van der Waals surface area contributed by atoms with E-state index in [2.05, 4.69) is 32.0 Å². The van der Waals surface area contributed by atoms with Gasteiger partial charge in [0.15, 0.2) is 0 Å². The summed E-state index contributed by atoms with van der Waals surface area (Å²) in [5.41, 5.74) is 1.93. The van der Waals surface area contributed by atoms with Crippen LogP contribution in [-0.2, 0) is 0 Å². The third kappa shape index (κ3) is 3.86. The highest BCUT2D eigenvalue weighted by atomic mass is 16.1. The highest BCUT2D eigenvalue weighted by Crippen LogP contribution is 2.19. The van der Waals surface area contributed by atoms with Gasteiger partial charge in [0.25, 0.3) is 5.91 Å². The van der Waals surface area contributed by atoms with E-state index in [1.807, 2.05) is 18.2 Å². The van der Waals surface area contributed by atoms with Crippen LogP contribution < -0.4 is 16.0 Å². The fourth-order valence-corrected chi connectivity index (χ4v) is 3.04. The zero-order chi connectivity index (χ0) is 18.6. The first-order chi connectivity index (χ1) is 13.2. The van der Waals surface area contributed by atoms with E-state index in [-0.39, 0.29) is 11.9 Å². The second-order valence-corrected chi connectivity index (χ2v) is 6.44. The van der Waals surface area contributed by atoms with Crippen LogP contribution in [0.4, 0.5) is 11.6 Å². The molecule has 0 aliphatic carbocycles. The van der Waals surface area contributed by atoms with Crippen molar-refractivity contribution in [1.29, 1.82) is 5.26 Å². The van der Waals surface area contributed by atoms with E-state index in [1.54, 1.807) is 30.5 Å². The number of nitrogens with zero attached hydrogens (tertiary/aromatic N) is 3. The number of rotatable bonds is 4. The topological polar surface area (TPSA) is 103 Å². The maximum atomic E-state index is 12.2. The second kappa shape index (κ2) is 7.40. The van der Waals surface area contributed by atoms with Crippen molar-refractivity contribution in [3.05, 3.63) is 59.8 Å². The number of hydrogen-bond donors (Lipinski definition) is 3. The number of carbonyl (C=O) groups excluding carboxylic acids is 1. The Bertz CT molecular complexity index is 1020. The molecule has 3 heterocycles. The molecule has 7 nitrogen and oxygen atoms in total. The van der Waals surface area contributed by atoms with Gasteiger partial charge in [-0.25, -0.2) is 9.97 Å². The Morgan fingerprint density at radius 2 is 2.07 bits per heavy atom. The number of fused-ring (bicyclic) bond motifs is 1. The molecule has 3 N–H and O–H groups in total. The summed E-state index contributed by atoms with van der Waals surface area (Å²) >= 11 is 0. The Morgan fingerprint density at radius 1 is 1.19 bits per heavy atom. The molecule has 1 unspecified atom stereocenters. The first-order valence-corrected chi connectivity index (χ1v) is 8.77. The maximum Gasteiger partial charge on any atom is 0.253 e. The quantitative estimate of drug-likeness (QED) is 0.661. The Labute approximate surface area is 156 Å². The minimum atomic E-state index is -0.111. The predicted octanol–water partition coefficient (Wildman–Crippen LogP) is 2.34. The number of amides is 1. The fraction of sp³-hybridized carbons (Fsp3) is 0.200. The lowest BCUT2D eigenvalue weighted by Gasteiger charge is -2.11. The van der Waals surface area contributed by atoms with Crippen molar-refractivity contribution in [2.24, 2.45) is 0 Å². The predicted molar refractivity (Wildman–Crippen MR) is 103 cm³/mol. The molecule has 27 heavy (non-hydrogen) atoms. The first kappa shape index (κ1) is 16.9. The van der Waals surface area contributed by atoms with Gasteiger partial charge in [0.1, 0.15) is 11.6 Å². The summed E-state index contributed by atoms with van der Waals surface area (Å²) in [5.74, 6) is 1.14. The van der Waals surface area contributed by atoms with Gasteiger partial charge in [-0.15, -0.1) is 0 Å². The van der Waals surface area contributed by atoms with Gasteiger partial charge in [-0.05, 0) is 55.4 Å². The van der Waals surface area contributed by atoms with Gasteiger partial charge < -0.3 is 16.0 Å². The molecule has 1 aliphatic heterocycles. The molecule has 0 radical (unpaired) electrons. The number of aromatic nitrogens is 2. The van der Waals surface area contributed by atoms with Crippen LogP contribution in [0, 0.1) is 11.3 Å². The molecular weight excluding hydrogens is 340 g/mol. The number of benzene rings is 1. The molecule has 3 aromatic rings. The smallest absolute Gasteiger partial charge is 0.253 e. The highest BCUT2D eigenvalue weighted by molar-refractivity contribution is 5.94. The molecule has 4 rings (SSSR count). The van der Waals surface area contributed by atoms with Crippen molar-refractivity contribution < 1.29 is 4.79 Å². The van der Waals surface area contributed by atoms with E-state index in [1.165, 1.54) is 0 Å². The Balaban J connectivity index is 1.45. The maximum absolute atomic E-state index is 12.2. The molecule has 0 spiro atoms. The normalized spacial score (nSPS) is 16.0. The molecule has 1 fully saturated rings. The van der Waals surface area contributed by atoms with Gasteiger partial charge in [-0.1, -0.05) is 0 Å². The summed E-state index contributed by atoms with van der Waals surface area (Å²) in [5, 5.41) is 19.2. The minimum absolute atomic E-state index is 0.111. The molecular formula is C20H18N6O. The number of carbonyl (C=O) groups is 1. The van der Waals surface area contributed by atoms with E-state index in [0.717, 1.165) is 30.4 Å². The van der Waals surface area contributed by atoms with E-state index >= 15 is 0 Å². The molecule has 7 heteroatoms. The number of nitrogens with one attached hydrogen (secondary N) is 3. The highest BCUT2D eigenvalue weighted by Gasteiger charge is 2.17. The Morgan fingerprint density at radius 3 is 2.81 bits per heavy atom. The standard InChI is InChI=1S/C20H18N6O/c21-10-13-1-4-17-14(9-13)2-6-19(25-17)26-18-5-3-15(11-23-18)20(27)24-16-7-8-22-12-16/h1-6,9,11,16,22H,7-8,12H2,(H,24,27)(H,23,25,26). The van der Waals surface area contributed by atoms with Crippen LogP contribution in [0.25, 0.3) is 10.9 Å². The van der Waals surface area contributed by atoms with Crippen molar-refractivity contribution in [3.8, 4) is 6.07 Å². The molecule has 134 valence electrons. The van der Waals surface area contributed by atoms with Gasteiger partial charge in [-0.3, -0.25) is 4.79 Å². The van der Waals surface area contributed by atoms with Crippen molar-refractivity contribution in [1.82, 2.24) is 20.6 Å². The zero-order valence-corrected chi connectivity index (χ0v) is 14.6. The third-order valence-corrected chi connectivity index (χ3v) is 4.50. The number of pyridine rings is 2. The van der Waals surface area contributed by atoms with Crippen molar-refractivity contribution in [2.45, 2.75) is 12.5 Å². The Hall–Kier alpha value is -3.50. The summed E-state index contributed by atoms with van der Waals surface area (Å²) < 4.78 is 0. The molecule has 1 aliphatic rings. The average Bonchev–Trinajstić information content (AvgIpc) is 3.21. The van der Waals surface area contributed by atoms with Crippen LogP contribution in [0.15, 0.2) is 48.7 Å². The molecule has 0 bridgehead atoms. The summed E-state index contributed by atoms with van der Waals surface area (Å²) in [6, 6.07) is 14.9. The van der Waals surface area contributed by atoms with Gasteiger partial charge in [0.05, 0.1) is 22.7 Å². The van der Waals surface area contributed by atoms with Crippen LogP contribution in [0.1, 0.15) is 22.3 Å². The molecule has 2 aromatic heterocycles. The van der Waals surface area contributed by atoms with Gasteiger partial charge in [0.2, 0.25) is 0 Å². The number of anilines is 2. The van der Waals surface area contributed by atoms with Gasteiger partial charge in [0, 0.05) is 24.2 Å². The van der Waals surface area contributed by atoms with Gasteiger partial charge in [-0.2, -0.15) is 5.26 Å². The fourth-order valence-electron chi connectivity index (χ4n) is 3.04. The number of nitriles is 1. The summed E-state index contributed by atoms with van der Waals surface area (Å²) in [6.07, 6.45) is 2.50. The Kier molecular flexibility index (Phi) is 4.64. The molecule has 1 atom stereocenters. The van der Waals surface area contributed by atoms with Crippen LogP contribution in [0.3, 0.4) is 0 Å². The van der Waals surface area contributed by atoms with Crippen LogP contribution in [0.5, 0.6) is 0 Å². The van der Waals surface area contributed by atoms with Crippen LogP contribution in [-0.4, -0.2) is 35.0 Å². The lowest BCUT2D eigenvalue weighted by atomic mass is 10.1. The monoisotopic (exact) mass is 358 g/mol. The van der Waals surface area contributed by atoms with Crippen molar-refractivity contribution in [2.75, 3.05) is 18.4 Å². The zero-order valence-electron chi connectivity index (χ0n) is 14.6. The SMILES string of the molecule is N#Cc1ccc2nc(Nc3ccc(C(=O)NC4CCNC4)cn3)ccc2c1. The van der Waals surface area contributed by atoms with Crippen LogP contribution in [0.2, 0.25) is 0 Å². The average molecular weight is 358 g/mol. The van der Waals surface area contributed by atoms with E-state index < -0.39 is 0 Å². The molecule has 1 aromatic carbocycles. The van der Waals surface area contributed by atoms with E-state index in [0.29, 0.717) is 22.8 Å². The second-order valence-electron chi connectivity index (χ2n) is 6.44. The first-order valence-electron chi connectivity index (χ1n) is 8.77. The summed E-state index contributed by atoms with van der Waals surface area (Å²) in [6.45, 7) is 1.74. The van der Waals surface area contributed by atoms with Crippen molar-refractivity contribution >= 4 is 28.4 Å². The van der Waals surface area contributed by atoms with Crippen LogP contribution >= 0.6 is 0 Å². The third-order valence-electron chi connectivity index (χ3n) is 4.50. The summed E-state index contributed by atoms with van der Waals surface area (Å²) in [7, 11) is 0. The van der Waals surface area contributed by atoms with E-state index in [4.69, 9.17) is 5.26 Å². The lowest BCUT2D eigenvalue weighted by molar-refractivity contribution is 0.0939. The van der Waals surface area contributed by atoms with Gasteiger partial charge >= 0.3 is 0 Å². The summed E-state index contributed by atoms with van der Waals surface area (Å²) in [4.78, 5) is 21.1. The molecule has 0 saturated carbocycles. The largest absolute Gasteiger partial charge is 0.348 e. The molecule has 1 amide bonds. The van der Waals surface area contributed by atoms with Crippen molar-refractivity contribution in [3.63, 3.8) is 0 Å². The number of hydrogen-bond acceptors (Lipinski definition) is 6. The lowest BCUT2D eigenvalue weighted by Crippen LogP contribution is -2.36.